The van der Waals surface area contributed by atoms with Gasteiger partial charge in [-0.15, -0.1) is 0 Å². The van der Waals surface area contributed by atoms with Crippen molar-refractivity contribution in [3.05, 3.63) is 41.8 Å². The number of fused-ring (bicyclic) bond motifs is 1. The Hall–Kier alpha value is -0.730. The van der Waals surface area contributed by atoms with Crippen molar-refractivity contribution in [3.63, 3.8) is 0 Å². The molecule has 0 aliphatic carbocycles. The summed E-state index contributed by atoms with van der Waals surface area (Å²) >= 11 is 2.24. The molecular weight excluding hydrogens is 385 g/mol. The number of ether oxygens (including phenoxy) is 1. The van der Waals surface area contributed by atoms with E-state index in [0.29, 0.717) is 0 Å². The van der Waals surface area contributed by atoms with Crippen molar-refractivity contribution in [2.45, 2.75) is 13.8 Å². The fraction of sp³-hybridized carbons (Fsp3) is 0.357. The summed E-state index contributed by atoms with van der Waals surface area (Å²) in [6, 6.07) is 4.35. The van der Waals surface area contributed by atoms with Gasteiger partial charge in [0.2, 0.25) is 0 Å². The molecule has 0 bridgehead atoms. The van der Waals surface area contributed by atoms with E-state index in [1.807, 2.05) is 17.3 Å². The second-order valence-electron chi connectivity index (χ2n) is 4.38. The van der Waals surface area contributed by atoms with E-state index >= 15 is 0 Å². The minimum Gasteiger partial charge on any atom is -0.500 e. The number of nitrogens with one attached hydrogen (secondary N) is 1. The molecule has 0 aliphatic heterocycles. The molecule has 0 radical (unpaired) electrons. The lowest BCUT2D eigenvalue weighted by Gasteiger charge is -2.01. The van der Waals surface area contributed by atoms with Crippen LogP contribution in [0.4, 0.5) is 0 Å². The van der Waals surface area contributed by atoms with E-state index in [4.69, 9.17) is 4.74 Å². The lowest BCUT2D eigenvalue weighted by molar-refractivity contribution is 0.284. The van der Waals surface area contributed by atoms with Gasteiger partial charge < -0.3 is 10.1 Å². The average Bonchev–Trinajstić information content (AvgIpc) is 2.82. The minimum atomic E-state index is 0.733. The maximum atomic E-state index is 4.73. The minimum absolute atomic E-state index is 0.733. The van der Waals surface area contributed by atoms with Crippen molar-refractivity contribution in [2.75, 3.05) is 20.7 Å². The normalized spacial score (nSPS) is 10.1. The summed E-state index contributed by atoms with van der Waals surface area (Å²) in [7, 11) is 5.06. The lowest BCUT2D eigenvalue weighted by atomic mass is 10.1. The largest absolute Gasteiger partial charge is 0.500 e. The first-order chi connectivity index (χ1) is 9.53. The van der Waals surface area contributed by atoms with Crippen molar-refractivity contribution < 1.29 is 4.74 Å². The number of methoxy groups -OCH3 is 1. The molecule has 20 heavy (non-hydrogen) atoms. The second-order valence-corrected chi connectivity index (χ2v) is 6.04. The molecule has 1 aromatic carbocycles. The third-order valence-electron chi connectivity index (χ3n) is 2.70. The van der Waals surface area contributed by atoms with Crippen LogP contribution in [0.15, 0.2) is 30.7 Å². The SMILES string of the molecule is C=C(CNC)OC.Cc1cc(C)c2c(cnn2SI)c1. The van der Waals surface area contributed by atoms with Crippen LogP contribution >= 0.6 is 30.3 Å². The van der Waals surface area contributed by atoms with E-state index < -0.39 is 0 Å². The number of benzene rings is 1. The van der Waals surface area contributed by atoms with Gasteiger partial charge in [-0.3, -0.25) is 0 Å². The molecular formula is C14H20IN3OS. The van der Waals surface area contributed by atoms with E-state index in [1.54, 1.807) is 16.2 Å². The molecule has 4 nitrogen and oxygen atoms in total. The summed E-state index contributed by atoms with van der Waals surface area (Å²) in [5.74, 6) is 0.766. The third-order valence-corrected chi connectivity index (χ3v) is 4.22. The number of hydrogen-bond acceptors (Lipinski definition) is 4. The van der Waals surface area contributed by atoms with Crippen LogP contribution in [0.25, 0.3) is 10.9 Å². The molecule has 1 N–H and O–H groups in total. The predicted octanol–water partition coefficient (Wildman–Crippen LogP) is 3.87. The standard InChI is InChI=1S/C9H9IN2S.C5H11NO/c1-6-3-7(2)9-8(4-6)5-11-12(9)13-10;1-5(7-3)4-6-2/h3-5H,1-2H3;6H,1,4H2,2-3H3. The molecule has 0 amide bonds. The topological polar surface area (TPSA) is 39.1 Å². The van der Waals surface area contributed by atoms with Gasteiger partial charge in [0.1, 0.15) is 5.76 Å². The summed E-state index contributed by atoms with van der Waals surface area (Å²) < 4.78 is 6.68. The van der Waals surface area contributed by atoms with Gasteiger partial charge in [-0.05, 0) is 32.5 Å². The zero-order valence-electron chi connectivity index (χ0n) is 12.2. The lowest BCUT2D eigenvalue weighted by Crippen LogP contribution is -2.10. The van der Waals surface area contributed by atoms with Crippen LogP contribution in [-0.2, 0) is 4.74 Å². The number of halogens is 1. The molecule has 6 heteroatoms. The zero-order chi connectivity index (χ0) is 15.1. The van der Waals surface area contributed by atoms with Crippen LogP contribution in [-0.4, -0.2) is 29.9 Å². The van der Waals surface area contributed by atoms with Gasteiger partial charge in [0.25, 0.3) is 0 Å². The Balaban J connectivity index is 0.000000246. The number of aromatic nitrogens is 2. The van der Waals surface area contributed by atoms with Gasteiger partial charge in [-0.1, -0.05) is 18.2 Å². The van der Waals surface area contributed by atoms with Crippen molar-refractivity contribution in [1.82, 2.24) is 14.5 Å². The summed E-state index contributed by atoms with van der Waals surface area (Å²) in [4.78, 5) is 0. The molecule has 2 aromatic rings. The van der Waals surface area contributed by atoms with Gasteiger partial charge >= 0.3 is 0 Å². The molecule has 1 heterocycles. The first kappa shape index (κ1) is 17.3. The molecule has 1 aromatic heterocycles. The van der Waals surface area contributed by atoms with Gasteiger partial charge in [0.15, 0.2) is 0 Å². The number of hydrogen-bond donors (Lipinski definition) is 1. The summed E-state index contributed by atoms with van der Waals surface area (Å²) in [6.07, 6.45) is 1.92. The van der Waals surface area contributed by atoms with E-state index in [9.17, 15) is 0 Å². The van der Waals surface area contributed by atoms with E-state index in [-0.39, 0.29) is 0 Å². The van der Waals surface area contributed by atoms with Gasteiger partial charge in [0.05, 0.1) is 25.4 Å². The molecule has 0 fully saturated rings. The van der Waals surface area contributed by atoms with E-state index in [1.165, 1.54) is 22.0 Å². The number of nitrogens with zero attached hydrogens (tertiary/aromatic N) is 2. The quantitative estimate of drug-likeness (QED) is 0.620. The molecule has 0 saturated carbocycles. The van der Waals surface area contributed by atoms with Crippen molar-refractivity contribution in [2.24, 2.45) is 0 Å². The molecule has 0 unspecified atom stereocenters. The summed E-state index contributed by atoms with van der Waals surface area (Å²) in [6.45, 7) is 8.55. The first-order valence-corrected chi connectivity index (χ1v) is 9.45. The second kappa shape index (κ2) is 8.53. The highest BCUT2D eigenvalue weighted by Gasteiger charge is 2.05. The van der Waals surface area contributed by atoms with Gasteiger partial charge in [0, 0.05) is 35.7 Å². The third kappa shape index (κ3) is 4.68. The van der Waals surface area contributed by atoms with Crippen molar-refractivity contribution >= 4 is 41.2 Å². The van der Waals surface area contributed by atoms with Crippen LogP contribution in [0.2, 0.25) is 0 Å². The predicted molar refractivity (Wildman–Crippen MR) is 96.3 cm³/mol. The Morgan fingerprint density at radius 3 is 2.70 bits per heavy atom. The average molecular weight is 405 g/mol. The number of aryl methyl sites for hydroxylation is 2. The zero-order valence-corrected chi connectivity index (χ0v) is 15.2. The Labute approximate surface area is 136 Å². The Bertz CT molecular complexity index is 583. The molecule has 0 spiro atoms. The molecule has 0 saturated heterocycles. The molecule has 0 atom stereocenters. The van der Waals surface area contributed by atoms with Crippen LogP contribution in [0.5, 0.6) is 0 Å². The summed E-state index contributed by atoms with van der Waals surface area (Å²) in [5.41, 5.74) is 3.81. The van der Waals surface area contributed by atoms with Crippen molar-refractivity contribution in [3.8, 4) is 0 Å². The van der Waals surface area contributed by atoms with Crippen LogP contribution in [0.3, 0.4) is 0 Å². The highest BCUT2D eigenvalue weighted by atomic mass is 127. The Kier molecular flexibility index (Phi) is 7.39. The summed E-state index contributed by atoms with van der Waals surface area (Å²) in [5, 5.41) is 8.41. The molecule has 0 aliphatic rings. The highest BCUT2D eigenvalue weighted by molar-refractivity contribution is 14.2. The van der Waals surface area contributed by atoms with Crippen LogP contribution in [0, 0.1) is 13.8 Å². The maximum absolute atomic E-state index is 4.73. The smallest absolute Gasteiger partial charge is 0.102 e. The van der Waals surface area contributed by atoms with Gasteiger partial charge in [-0.25, -0.2) is 0 Å². The fourth-order valence-electron chi connectivity index (χ4n) is 1.85. The monoisotopic (exact) mass is 405 g/mol. The van der Waals surface area contributed by atoms with E-state index in [0.717, 1.165) is 12.3 Å². The Morgan fingerprint density at radius 2 is 2.20 bits per heavy atom. The van der Waals surface area contributed by atoms with Crippen LogP contribution in [0.1, 0.15) is 11.1 Å². The Morgan fingerprint density at radius 1 is 1.50 bits per heavy atom. The molecule has 110 valence electrons. The maximum Gasteiger partial charge on any atom is 0.102 e. The van der Waals surface area contributed by atoms with Crippen LogP contribution < -0.4 is 5.32 Å². The van der Waals surface area contributed by atoms with E-state index in [2.05, 4.69) is 64.2 Å². The number of rotatable bonds is 4. The number of likely N-dealkylation sites (N-methyl/N-ethyl adjacent to an activating group) is 1. The fourth-order valence-corrected chi connectivity index (χ4v) is 3.14. The van der Waals surface area contributed by atoms with Gasteiger partial charge in [-0.2, -0.15) is 9.19 Å². The molecule has 2 rings (SSSR count). The highest BCUT2D eigenvalue weighted by Crippen LogP contribution is 2.26. The first-order valence-electron chi connectivity index (χ1n) is 6.14. The van der Waals surface area contributed by atoms with Crippen molar-refractivity contribution in [1.29, 1.82) is 0 Å².